The van der Waals surface area contributed by atoms with E-state index in [0.29, 0.717) is 10.7 Å². The molecule has 0 amide bonds. The van der Waals surface area contributed by atoms with Gasteiger partial charge in [0.05, 0.1) is 5.41 Å². The summed E-state index contributed by atoms with van der Waals surface area (Å²) in [5, 5.41) is 2.69. The molecule has 0 spiro atoms. The van der Waals surface area contributed by atoms with E-state index in [9.17, 15) is 8.42 Å². The molecule has 3 aromatic rings. The molecule has 6 heteroatoms. The zero-order valence-electron chi connectivity index (χ0n) is 11.5. The number of anilines is 1. The molecule has 0 fully saturated rings. The van der Waals surface area contributed by atoms with Gasteiger partial charge in [-0.05, 0) is 48.0 Å². The lowest BCUT2D eigenvalue weighted by Gasteiger charge is -2.04. The van der Waals surface area contributed by atoms with Gasteiger partial charge in [0.2, 0.25) is 0 Å². The molecule has 0 saturated carbocycles. The third-order valence-corrected chi connectivity index (χ3v) is 4.39. The highest BCUT2D eigenvalue weighted by atomic mass is 35.5. The third kappa shape index (κ3) is 3.50. The Kier molecular flexibility index (Phi) is 3.92. The van der Waals surface area contributed by atoms with Crippen molar-refractivity contribution in [1.82, 2.24) is 4.98 Å². The molecule has 0 bridgehead atoms. The van der Waals surface area contributed by atoms with Gasteiger partial charge in [-0.2, -0.15) is 0 Å². The number of nitrogens with one attached hydrogen (secondary N) is 2. The van der Waals surface area contributed by atoms with Crippen LogP contribution < -0.4 is 4.72 Å². The molecule has 0 aliphatic carbocycles. The van der Waals surface area contributed by atoms with Crippen LogP contribution in [0.15, 0.2) is 60.1 Å². The second kappa shape index (κ2) is 5.87. The maximum atomic E-state index is 12.1. The lowest BCUT2D eigenvalue weighted by molar-refractivity contribution is 0.609. The molecule has 0 radical (unpaired) electrons. The third-order valence-electron chi connectivity index (χ3n) is 3.12. The number of hydrogen-bond acceptors (Lipinski definition) is 2. The first-order valence-electron chi connectivity index (χ1n) is 6.55. The molecule has 2 N–H and O–H groups in total. The molecule has 112 valence electrons. The van der Waals surface area contributed by atoms with Crippen molar-refractivity contribution in [2.45, 2.75) is 0 Å². The predicted molar refractivity (Wildman–Crippen MR) is 91.3 cm³/mol. The van der Waals surface area contributed by atoms with E-state index in [1.54, 1.807) is 36.4 Å². The summed E-state index contributed by atoms with van der Waals surface area (Å²) < 4.78 is 26.7. The minimum absolute atomic E-state index is 0.521. The van der Waals surface area contributed by atoms with Crippen molar-refractivity contribution in [3.63, 3.8) is 0 Å². The van der Waals surface area contributed by atoms with Crippen LogP contribution in [0.5, 0.6) is 0 Å². The minimum Gasteiger partial charge on any atom is -0.361 e. The average molecular weight is 333 g/mol. The SMILES string of the molecule is O=S(=O)(/C=C/c1ccc(Cl)cc1)Nc1ccc2[nH]ccc2c1. The van der Waals surface area contributed by atoms with Crippen LogP contribution in [0.4, 0.5) is 5.69 Å². The molecule has 22 heavy (non-hydrogen) atoms. The number of H-pyrrole nitrogens is 1. The van der Waals surface area contributed by atoms with Crippen LogP contribution in [0.25, 0.3) is 17.0 Å². The fourth-order valence-electron chi connectivity index (χ4n) is 2.06. The van der Waals surface area contributed by atoms with Gasteiger partial charge < -0.3 is 4.98 Å². The highest BCUT2D eigenvalue weighted by molar-refractivity contribution is 7.95. The summed E-state index contributed by atoms with van der Waals surface area (Å²) in [5.74, 6) is 0. The summed E-state index contributed by atoms with van der Waals surface area (Å²) in [4.78, 5) is 3.06. The van der Waals surface area contributed by atoms with Crippen molar-refractivity contribution in [3.8, 4) is 0 Å². The Hall–Kier alpha value is -2.24. The number of hydrogen-bond donors (Lipinski definition) is 2. The number of halogens is 1. The lowest BCUT2D eigenvalue weighted by atomic mass is 10.2. The number of rotatable bonds is 4. The predicted octanol–water partition coefficient (Wildman–Crippen LogP) is 4.23. The smallest absolute Gasteiger partial charge is 0.255 e. The Morgan fingerprint density at radius 3 is 2.59 bits per heavy atom. The Morgan fingerprint density at radius 1 is 1.05 bits per heavy atom. The second-order valence-corrected chi connectivity index (χ2v) is 6.78. The summed E-state index contributed by atoms with van der Waals surface area (Å²) in [6, 6.07) is 14.1. The van der Waals surface area contributed by atoms with Gasteiger partial charge in [-0.25, -0.2) is 8.42 Å². The van der Waals surface area contributed by atoms with Crippen molar-refractivity contribution >= 4 is 44.3 Å². The maximum Gasteiger partial charge on any atom is 0.255 e. The zero-order valence-corrected chi connectivity index (χ0v) is 13.0. The van der Waals surface area contributed by atoms with Gasteiger partial charge in [0.15, 0.2) is 0 Å². The van der Waals surface area contributed by atoms with Gasteiger partial charge in [-0.3, -0.25) is 4.72 Å². The van der Waals surface area contributed by atoms with Crippen molar-refractivity contribution in [2.24, 2.45) is 0 Å². The first-order valence-corrected chi connectivity index (χ1v) is 8.48. The van der Waals surface area contributed by atoms with Crippen LogP contribution in [0, 0.1) is 0 Å². The summed E-state index contributed by atoms with van der Waals surface area (Å²) >= 11 is 5.79. The van der Waals surface area contributed by atoms with E-state index < -0.39 is 10.0 Å². The van der Waals surface area contributed by atoms with Crippen LogP contribution in [0.2, 0.25) is 5.02 Å². The van der Waals surface area contributed by atoms with Gasteiger partial charge in [-0.15, -0.1) is 0 Å². The van der Waals surface area contributed by atoms with E-state index in [2.05, 4.69) is 9.71 Å². The standard InChI is InChI=1S/C16H13ClN2O2S/c17-14-3-1-12(2-4-14)8-10-22(20,21)19-15-5-6-16-13(11-15)7-9-18-16/h1-11,18-19H/b10-8+. The number of aromatic nitrogens is 1. The van der Waals surface area contributed by atoms with Crippen molar-refractivity contribution in [3.05, 3.63) is 70.7 Å². The summed E-state index contributed by atoms with van der Waals surface area (Å²) in [6.45, 7) is 0. The lowest BCUT2D eigenvalue weighted by Crippen LogP contribution is -2.08. The molecule has 0 aliphatic rings. The average Bonchev–Trinajstić information content (AvgIpc) is 2.94. The number of benzene rings is 2. The molecule has 1 aromatic heterocycles. The normalized spacial score (nSPS) is 12.0. The Labute approximate surface area is 133 Å². The maximum absolute atomic E-state index is 12.1. The Balaban J connectivity index is 1.79. The van der Waals surface area contributed by atoms with Gasteiger partial charge in [0.25, 0.3) is 10.0 Å². The molecular weight excluding hydrogens is 320 g/mol. The van der Waals surface area contributed by atoms with Crippen molar-refractivity contribution in [2.75, 3.05) is 4.72 Å². The fourth-order valence-corrected chi connectivity index (χ4v) is 3.04. The van der Waals surface area contributed by atoms with E-state index in [-0.39, 0.29) is 0 Å². The van der Waals surface area contributed by atoms with Crippen LogP contribution in [0.1, 0.15) is 5.56 Å². The molecule has 0 atom stereocenters. The molecule has 0 aliphatic heterocycles. The van der Waals surface area contributed by atoms with E-state index in [4.69, 9.17) is 11.6 Å². The number of aromatic amines is 1. The monoisotopic (exact) mass is 332 g/mol. The minimum atomic E-state index is -3.57. The van der Waals surface area contributed by atoms with Gasteiger partial charge >= 0.3 is 0 Å². The van der Waals surface area contributed by atoms with Gasteiger partial charge in [0.1, 0.15) is 0 Å². The first kappa shape index (κ1) is 14.7. The van der Waals surface area contributed by atoms with E-state index in [1.807, 2.05) is 18.3 Å². The molecule has 1 heterocycles. The summed E-state index contributed by atoms with van der Waals surface area (Å²) in [7, 11) is -3.57. The van der Waals surface area contributed by atoms with E-state index in [1.165, 1.54) is 6.08 Å². The second-order valence-electron chi connectivity index (χ2n) is 4.78. The van der Waals surface area contributed by atoms with Crippen molar-refractivity contribution < 1.29 is 8.42 Å². The molecule has 0 unspecified atom stereocenters. The summed E-state index contributed by atoms with van der Waals surface area (Å²) in [5.41, 5.74) is 2.24. The van der Waals surface area contributed by atoms with Crippen molar-refractivity contribution in [1.29, 1.82) is 0 Å². The fraction of sp³-hybridized carbons (Fsp3) is 0. The van der Waals surface area contributed by atoms with Crippen LogP contribution >= 0.6 is 11.6 Å². The zero-order chi connectivity index (χ0) is 15.6. The number of sulfonamides is 1. The molecule has 4 nitrogen and oxygen atoms in total. The Morgan fingerprint density at radius 2 is 1.82 bits per heavy atom. The van der Waals surface area contributed by atoms with Gasteiger partial charge in [0, 0.05) is 27.8 Å². The van der Waals surface area contributed by atoms with Crippen LogP contribution in [-0.2, 0) is 10.0 Å². The molecule has 2 aromatic carbocycles. The molecular formula is C16H13ClN2O2S. The molecule has 0 saturated heterocycles. The first-order chi connectivity index (χ1) is 10.5. The highest BCUT2D eigenvalue weighted by Gasteiger charge is 2.06. The Bertz CT molecular complexity index is 928. The highest BCUT2D eigenvalue weighted by Crippen LogP contribution is 2.19. The van der Waals surface area contributed by atoms with E-state index in [0.717, 1.165) is 21.9 Å². The molecule has 3 rings (SSSR count). The largest absolute Gasteiger partial charge is 0.361 e. The quantitative estimate of drug-likeness (QED) is 0.750. The van der Waals surface area contributed by atoms with E-state index >= 15 is 0 Å². The topological polar surface area (TPSA) is 62.0 Å². The number of fused-ring (bicyclic) bond motifs is 1. The van der Waals surface area contributed by atoms with Crippen LogP contribution in [0.3, 0.4) is 0 Å². The van der Waals surface area contributed by atoms with Gasteiger partial charge in [-0.1, -0.05) is 23.7 Å². The van der Waals surface area contributed by atoms with Crippen LogP contribution in [-0.4, -0.2) is 13.4 Å². The summed E-state index contributed by atoms with van der Waals surface area (Å²) in [6.07, 6.45) is 3.33.